The van der Waals surface area contributed by atoms with Gasteiger partial charge in [-0.3, -0.25) is 0 Å². The summed E-state index contributed by atoms with van der Waals surface area (Å²) in [6.45, 7) is 5.46. The Balaban J connectivity index is 1.99. The van der Waals surface area contributed by atoms with Crippen molar-refractivity contribution in [3.8, 4) is 0 Å². The van der Waals surface area contributed by atoms with Crippen LogP contribution in [-0.4, -0.2) is 22.0 Å². The maximum atomic E-state index is 4.80. The number of fused-ring (bicyclic) bond motifs is 1. The number of pyridine rings is 1. The maximum absolute atomic E-state index is 4.80. The molecule has 3 nitrogen and oxygen atoms in total. The second kappa shape index (κ2) is 4.15. The summed E-state index contributed by atoms with van der Waals surface area (Å²) in [6.07, 6.45) is 5.76. The van der Waals surface area contributed by atoms with Gasteiger partial charge in [-0.05, 0) is 44.9 Å². The highest BCUT2D eigenvalue weighted by Gasteiger charge is 2.18. The molecule has 1 fully saturated rings. The molecule has 17 heavy (non-hydrogen) atoms. The van der Waals surface area contributed by atoms with Gasteiger partial charge < -0.3 is 9.72 Å². The fourth-order valence-corrected chi connectivity index (χ4v) is 2.73. The van der Waals surface area contributed by atoms with Crippen molar-refractivity contribution in [2.75, 3.05) is 6.54 Å². The van der Waals surface area contributed by atoms with Crippen LogP contribution >= 0.6 is 0 Å². The van der Waals surface area contributed by atoms with Crippen molar-refractivity contribution < 1.29 is 0 Å². The lowest BCUT2D eigenvalue weighted by atomic mass is 10.1. The van der Waals surface area contributed by atoms with Crippen molar-refractivity contribution in [2.45, 2.75) is 39.2 Å². The van der Waals surface area contributed by atoms with E-state index >= 15 is 0 Å². The molecule has 1 N–H and O–H groups in total. The molecule has 0 radical (unpaired) electrons. The van der Waals surface area contributed by atoms with Gasteiger partial charge in [-0.1, -0.05) is 6.07 Å². The molecule has 0 aliphatic carbocycles. The quantitative estimate of drug-likeness (QED) is 0.855. The van der Waals surface area contributed by atoms with E-state index in [9.17, 15) is 0 Å². The maximum Gasteiger partial charge on any atom is 0.140 e. The minimum Gasteiger partial charge on any atom is -0.314 e. The Labute approximate surface area is 102 Å². The number of nitrogens with one attached hydrogen (secondary N) is 1. The smallest absolute Gasteiger partial charge is 0.140 e. The molecule has 0 aromatic carbocycles. The van der Waals surface area contributed by atoms with E-state index in [2.05, 4.69) is 41.9 Å². The van der Waals surface area contributed by atoms with Crippen LogP contribution in [-0.2, 0) is 6.42 Å². The molecule has 0 bridgehead atoms. The summed E-state index contributed by atoms with van der Waals surface area (Å²) in [4.78, 5) is 4.80. The molecular formula is C14H19N3. The second-order valence-electron chi connectivity index (χ2n) is 5.03. The zero-order chi connectivity index (χ0) is 11.8. The van der Waals surface area contributed by atoms with Gasteiger partial charge in [0.1, 0.15) is 5.65 Å². The summed E-state index contributed by atoms with van der Waals surface area (Å²) in [5.41, 5.74) is 4.90. The molecule has 1 aliphatic rings. The molecule has 3 heteroatoms. The lowest BCUT2D eigenvalue weighted by Crippen LogP contribution is -2.24. The van der Waals surface area contributed by atoms with E-state index in [4.69, 9.17) is 4.98 Å². The van der Waals surface area contributed by atoms with Gasteiger partial charge in [0.2, 0.25) is 0 Å². The molecule has 0 amide bonds. The van der Waals surface area contributed by atoms with E-state index in [-0.39, 0.29) is 0 Å². The molecule has 1 saturated heterocycles. The molecule has 1 atom stereocenters. The molecule has 2 aromatic rings. The van der Waals surface area contributed by atoms with Gasteiger partial charge in [0, 0.05) is 24.4 Å². The van der Waals surface area contributed by atoms with Crippen LogP contribution in [0.3, 0.4) is 0 Å². The second-order valence-corrected chi connectivity index (χ2v) is 5.03. The Morgan fingerprint density at radius 3 is 3.06 bits per heavy atom. The monoisotopic (exact) mass is 229 g/mol. The van der Waals surface area contributed by atoms with Crippen LogP contribution in [0.2, 0.25) is 0 Å². The molecule has 3 heterocycles. The van der Waals surface area contributed by atoms with Crippen LogP contribution < -0.4 is 5.32 Å². The standard InChI is InChI=1S/C14H19N3/c1-10-5-4-8-17-11(2)13(16-14(10)17)9-12-6-3-7-15-12/h4-5,8,12,15H,3,6-7,9H2,1-2H3. The van der Waals surface area contributed by atoms with Crippen molar-refractivity contribution in [2.24, 2.45) is 0 Å². The van der Waals surface area contributed by atoms with E-state index in [1.165, 1.54) is 29.8 Å². The summed E-state index contributed by atoms with van der Waals surface area (Å²) in [6, 6.07) is 4.84. The number of hydrogen-bond donors (Lipinski definition) is 1. The third kappa shape index (κ3) is 1.84. The number of aromatic nitrogens is 2. The molecule has 1 unspecified atom stereocenters. The molecule has 0 saturated carbocycles. The Kier molecular flexibility index (Phi) is 2.63. The lowest BCUT2D eigenvalue weighted by molar-refractivity contribution is 0.595. The molecule has 1 aliphatic heterocycles. The van der Waals surface area contributed by atoms with Crippen LogP contribution in [0.4, 0.5) is 0 Å². The highest BCUT2D eigenvalue weighted by atomic mass is 15.0. The SMILES string of the molecule is Cc1cccn2c(C)c(CC3CCCN3)nc12. The zero-order valence-corrected chi connectivity index (χ0v) is 10.5. The fraction of sp³-hybridized carbons (Fsp3) is 0.500. The van der Waals surface area contributed by atoms with Crippen LogP contribution in [0, 0.1) is 13.8 Å². The van der Waals surface area contributed by atoms with Crippen molar-refractivity contribution in [3.05, 3.63) is 35.3 Å². The molecule has 3 rings (SSSR count). The highest BCUT2D eigenvalue weighted by Crippen LogP contribution is 2.18. The Morgan fingerprint density at radius 2 is 2.35 bits per heavy atom. The van der Waals surface area contributed by atoms with Crippen LogP contribution in [0.5, 0.6) is 0 Å². The molecule has 2 aromatic heterocycles. The van der Waals surface area contributed by atoms with Gasteiger partial charge in [0.25, 0.3) is 0 Å². The average Bonchev–Trinajstić information content (AvgIpc) is 2.92. The van der Waals surface area contributed by atoms with Gasteiger partial charge in [0.05, 0.1) is 5.69 Å². The van der Waals surface area contributed by atoms with Gasteiger partial charge in [-0.2, -0.15) is 0 Å². The fourth-order valence-electron chi connectivity index (χ4n) is 2.73. The third-order valence-corrected chi connectivity index (χ3v) is 3.78. The Morgan fingerprint density at radius 1 is 1.47 bits per heavy atom. The summed E-state index contributed by atoms with van der Waals surface area (Å²) < 4.78 is 2.21. The van der Waals surface area contributed by atoms with E-state index in [1.807, 2.05) is 0 Å². The predicted molar refractivity (Wildman–Crippen MR) is 69.4 cm³/mol. The lowest BCUT2D eigenvalue weighted by Gasteiger charge is -2.07. The molecule has 0 spiro atoms. The first-order valence-electron chi connectivity index (χ1n) is 6.42. The van der Waals surface area contributed by atoms with Crippen molar-refractivity contribution in [3.63, 3.8) is 0 Å². The minimum absolute atomic E-state index is 0.624. The van der Waals surface area contributed by atoms with Crippen LogP contribution in [0.25, 0.3) is 5.65 Å². The average molecular weight is 229 g/mol. The topological polar surface area (TPSA) is 29.3 Å². The first-order valence-corrected chi connectivity index (χ1v) is 6.42. The first-order chi connectivity index (χ1) is 8.25. The van der Waals surface area contributed by atoms with E-state index < -0.39 is 0 Å². The van der Waals surface area contributed by atoms with Crippen molar-refractivity contribution in [1.29, 1.82) is 0 Å². The van der Waals surface area contributed by atoms with Gasteiger partial charge in [0.15, 0.2) is 0 Å². The summed E-state index contributed by atoms with van der Waals surface area (Å²) in [5, 5.41) is 3.54. The van der Waals surface area contributed by atoms with Crippen molar-refractivity contribution >= 4 is 5.65 Å². The summed E-state index contributed by atoms with van der Waals surface area (Å²) >= 11 is 0. The summed E-state index contributed by atoms with van der Waals surface area (Å²) in [5.74, 6) is 0. The van der Waals surface area contributed by atoms with E-state index in [0.29, 0.717) is 6.04 Å². The third-order valence-electron chi connectivity index (χ3n) is 3.78. The predicted octanol–water partition coefficient (Wildman–Crippen LogP) is 2.25. The van der Waals surface area contributed by atoms with Gasteiger partial charge in [-0.25, -0.2) is 4.98 Å². The Hall–Kier alpha value is -1.35. The molecular weight excluding hydrogens is 210 g/mol. The zero-order valence-electron chi connectivity index (χ0n) is 10.5. The number of hydrogen-bond acceptors (Lipinski definition) is 2. The molecule has 90 valence electrons. The number of nitrogens with zero attached hydrogens (tertiary/aromatic N) is 2. The number of imidazole rings is 1. The number of aryl methyl sites for hydroxylation is 2. The van der Waals surface area contributed by atoms with Crippen LogP contribution in [0.1, 0.15) is 29.8 Å². The van der Waals surface area contributed by atoms with E-state index in [0.717, 1.165) is 18.6 Å². The van der Waals surface area contributed by atoms with Gasteiger partial charge >= 0.3 is 0 Å². The van der Waals surface area contributed by atoms with Gasteiger partial charge in [-0.15, -0.1) is 0 Å². The Bertz CT molecular complexity index is 536. The largest absolute Gasteiger partial charge is 0.314 e. The van der Waals surface area contributed by atoms with E-state index in [1.54, 1.807) is 0 Å². The van der Waals surface area contributed by atoms with Crippen LogP contribution in [0.15, 0.2) is 18.3 Å². The van der Waals surface area contributed by atoms with Crippen molar-refractivity contribution in [1.82, 2.24) is 14.7 Å². The normalized spacial score (nSPS) is 20.2. The first kappa shape index (κ1) is 10.8. The summed E-state index contributed by atoms with van der Waals surface area (Å²) in [7, 11) is 0. The highest BCUT2D eigenvalue weighted by molar-refractivity contribution is 5.50. The minimum atomic E-state index is 0.624. The number of rotatable bonds is 2.